The van der Waals surface area contributed by atoms with E-state index in [-0.39, 0.29) is 183 Å². The third-order valence-corrected chi connectivity index (χ3v) is 32.6. The first-order valence-corrected chi connectivity index (χ1v) is 46.6. The highest BCUT2D eigenvalue weighted by atomic mass is 16.7. The Morgan fingerprint density at radius 2 is 0.496 bits per heavy atom. The molecule has 20 rings (SSSR count). The number of carbonyl (C=O) groups excluding carboxylic acids is 6. The van der Waals surface area contributed by atoms with E-state index >= 15 is 0 Å². The van der Waals surface area contributed by atoms with E-state index in [0.717, 1.165) is 158 Å². The Hall–Kier alpha value is -3.42. The van der Waals surface area contributed by atoms with Gasteiger partial charge in [0.25, 0.3) is 0 Å². The molecule has 0 aromatic heterocycles. The predicted molar refractivity (Wildman–Crippen MR) is 515 cm³/mol. The predicted octanol–water partition coefficient (Wildman–Crippen LogP) is 28.6. The van der Waals surface area contributed by atoms with Crippen molar-refractivity contribution in [3.8, 4) is 0 Å². The zero-order valence-corrected chi connectivity index (χ0v) is 73.4. The van der Waals surface area contributed by atoms with Crippen LogP contribution in [-0.2, 0) is 85.6 Å². The summed E-state index contributed by atoms with van der Waals surface area (Å²) in [6.07, 6.45) is 47.0. The summed E-state index contributed by atoms with van der Waals surface area (Å²) in [6, 6.07) is 0. The zero-order chi connectivity index (χ0) is 81.0. The van der Waals surface area contributed by atoms with Crippen molar-refractivity contribution in [2.45, 2.75) is 449 Å². The summed E-state index contributed by atoms with van der Waals surface area (Å²) in [5, 5.41) is 0. The fourth-order valence-corrected chi connectivity index (χ4v) is 25.4. The summed E-state index contributed by atoms with van der Waals surface area (Å²) in [5.74, 6) is 14.8. The minimum Gasteiger partial charge on any atom is -0.438 e. The van der Waals surface area contributed by atoms with E-state index in [1.54, 1.807) is 0 Å². The van der Waals surface area contributed by atoms with Crippen LogP contribution in [0.25, 0.3) is 0 Å². The Morgan fingerprint density at radius 3 is 0.744 bits per heavy atom. The average molecular weight is 1780 g/mol. The fourth-order valence-electron chi connectivity index (χ4n) is 25.4. The molecule has 0 radical (unpaired) electrons. The molecule has 0 heterocycles. The first-order valence-electron chi connectivity index (χ1n) is 46.6. The van der Waals surface area contributed by atoms with E-state index in [0.29, 0.717) is 35.2 Å². The summed E-state index contributed by atoms with van der Waals surface area (Å²) >= 11 is 0. The minimum absolute atomic E-state index is 0. The molecule has 0 saturated heterocycles. The van der Waals surface area contributed by atoms with E-state index in [1.165, 1.54) is 193 Å². The molecule has 125 heavy (non-hydrogen) atoms. The second-order valence-electron chi connectivity index (χ2n) is 42.4. The van der Waals surface area contributed by atoms with Gasteiger partial charge in [0.15, 0.2) is 40.8 Å². The Kier molecular flexibility index (Phi) is 55.3. The van der Waals surface area contributed by atoms with Gasteiger partial charge in [-0.25, -0.2) is 0 Å². The molecule has 20 saturated carbocycles. The van der Waals surface area contributed by atoms with Crippen molar-refractivity contribution in [1.82, 2.24) is 0 Å². The Labute approximate surface area is 771 Å². The number of fused-ring (bicyclic) bond motifs is 4. The molecule has 20 aliphatic rings. The van der Waals surface area contributed by atoms with Crippen molar-refractivity contribution < 1.29 is 85.6 Å². The molecule has 0 aliphatic heterocycles. The van der Waals surface area contributed by atoms with Crippen LogP contribution in [0.5, 0.6) is 0 Å². The van der Waals surface area contributed by atoms with Gasteiger partial charge < -0.3 is 56.8 Å². The van der Waals surface area contributed by atoms with Gasteiger partial charge in [0.1, 0.15) is 0 Å². The molecule has 0 amide bonds. The van der Waals surface area contributed by atoms with Crippen molar-refractivity contribution in [3.63, 3.8) is 0 Å². The topological polar surface area (TPSA) is 213 Å². The van der Waals surface area contributed by atoms with Crippen LogP contribution in [0.1, 0.15) is 424 Å². The maximum Gasteiger partial charge on any atom is 0.313 e. The van der Waals surface area contributed by atoms with E-state index in [4.69, 9.17) is 56.8 Å². The van der Waals surface area contributed by atoms with Crippen LogP contribution in [0.3, 0.4) is 0 Å². The molecule has 9 atom stereocenters. The molecule has 20 aliphatic carbocycles. The van der Waals surface area contributed by atoms with E-state index in [1.807, 2.05) is 104 Å². The second kappa shape index (κ2) is 55.9. The third-order valence-electron chi connectivity index (χ3n) is 32.6. The van der Waals surface area contributed by atoms with Crippen LogP contribution in [0.4, 0.5) is 0 Å². The molecule has 18 heteroatoms. The van der Waals surface area contributed by atoms with E-state index < -0.39 is 16.2 Å². The molecule has 742 valence electrons. The summed E-state index contributed by atoms with van der Waals surface area (Å²) in [6.45, 7) is 31.7. The first-order chi connectivity index (χ1) is 53.9. The Morgan fingerprint density at radius 1 is 0.272 bits per heavy atom. The SMILES string of the molecule is C.C.C.C.C.C.C.C.C.C.C.C.CCC(C)(C)C(=O)OCOC1C2CC3CC(C2)CC1C3.CCC(C)(C)C(=O)OCOC1CC2CCC1C2.CCC(C)(C)C(=O)OCOCC12CC3CC(CC(C3)C1)C2.CCC(C)C(=O)OCOC1C2CC3CC(C2)CC1C3.CCC(C)C(=O)OCOC1CC2CCC1C2.CCC(C)C(=O)OCOCC12CC3CC(CC(C3)C1)C2. The molecular formula is C107H206O18. The number of hydrogen-bond donors (Lipinski definition) is 0. The van der Waals surface area contributed by atoms with Crippen molar-refractivity contribution >= 4 is 35.8 Å². The van der Waals surface area contributed by atoms with Crippen molar-refractivity contribution in [2.75, 3.05) is 54.0 Å². The average Bonchev–Trinajstić information content (AvgIpc) is 1.22. The lowest BCUT2D eigenvalue weighted by molar-refractivity contribution is -0.193. The van der Waals surface area contributed by atoms with Gasteiger partial charge in [-0.15, -0.1) is 0 Å². The number of esters is 6. The Balaban J connectivity index is 0. The van der Waals surface area contributed by atoms with Crippen LogP contribution in [0.15, 0.2) is 0 Å². The highest BCUT2D eigenvalue weighted by molar-refractivity contribution is 5.77. The van der Waals surface area contributed by atoms with Gasteiger partial charge >= 0.3 is 35.8 Å². The monoisotopic (exact) mass is 1780 g/mol. The van der Waals surface area contributed by atoms with Crippen LogP contribution in [-0.4, -0.2) is 114 Å². The molecule has 0 aromatic carbocycles. The van der Waals surface area contributed by atoms with Crippen LogP contribution < -0.4 is 0 Å². The standard InChI is InChI=1S/C18H30O3.2C17H28O3.C16H26O3.C14H24O3.C13H22O3.12CH4/c1-4-17(2,3)16(19)21-12-20-11-18-8-13-5-14(9-18)7-15(6-13)10-18;1-4-17(2,3)16(18)20-10-19-15-13-6-11-5-12(8-13)9-14(15)7-11;1-3-12(2)16(18)20-11-19-10-17-7-13-4-14(8-17)6-15(5-13)9-17;1-3-10(2)16(17)19-9-18-15-13-5-11-4-12(7-13)8-14(15)6-11;1-4-14(2,3)13(15)17-9-16-12-8-10-5-6-11(12)7-10;1-3-9(2)13(14)16-8-15-12-7-10-4-5-11(12)6-10;;;;;;;;;;;;/h13-15H,4-12H2,1-3H3;11-15H,4-10H2,1-3H3;12-15H,3-11H2,1-2H3;10-15H,3-9H2,1-2H3;10-12H,4-9H2,1-3H3;9-12H,3-8H2,1-2H3;12*1H4. The lowest BCUT2D eigenvalue weighted by Crippen LogP contribution is -2.49. The number of carbonyl (C=O) groups is 6. The van der Waals surface area contributed by atoms with Crippen LogP contribution in [0, 0.1) is 151 Å². The highest BCUT2D eigenvalue weighted by Crippen LogP contribution is 2.62. The fraction of sp³-hybridized carbons (Fsp3) is 0.944. The van der Waals surface area contributed by atoms with Crippen molar-refractivity contribution in [1.29, 1.82) is 0 Å². The lowest BCUT2D eigenvalue weighted by atomic mass is 9.50. The third kappa shape index (κ3) is 33.3. The van der Waals surface area contributed by atoms with Gasteiger partial charge in [0.05, 0.1) is 71.6 Å². The van der Waals surface area contributed by atoms with Crippen molar-refractivity contribution in [3.05, 3.63) is 0 Å². The summed E-state index contributed by atoms with van der Waals surface area (Å²) in [7, 11) is 0. The van der Waals surface area contributed by atoms with Gasteiger partial charge in [-0.1, -0.05) is 151 Å². The summed E-state index contributed by atoms with van der Waals surface area (Å²) < 4.78 is 66.2. The van der Waals surface area contributed by atoms with E-state index in [2.05, 4.69) is 0 Å². The van der Waals surface area contributed by atoms with Crippen molar-refractivity contribution in [2.24, 2.45) is 151 Å². The minimum atomic E-state index is -0.399. The van der Waals surface area contributed by atoms with Gasteiger partial charge in [-0.3, -0.25) is 28.8 Å². The van der Waals surface area contributed by atoms with Gasteiger partial charge in [-0.2, -0.15) is 0 Å². The molecule has 0 N–H and O–H groups in total. The smallest absolute Gasteiger partial charge is 0.313 e. The lowest BCUT2D eigenvalue weighted by Gasteiger charge is -2.56. The zero-order valence-electron chi connectivity index (χ0n) is 73.4. The molecule has 0 aromatic rings. The number of hydrogen-bond acceptors (Lipinski definition) is 18. The van der Waals surface area contributed by atoms with Crippen LogP contribution >= 0.6 is 0 Å². The Bertz CT molecular complexity index is 2900. The first kappa shape index (κ1) is 124. The quantitative estimate of drug-likeness (QED) is 0.0265. The highest BCUT2D eigenvalue weighted by Gasteiger charge is 2.55. The molecule has 18 nitrogen and oxygen atoms in total. The van der Waals surface area contributed by atoms with Gasteiger partial charge in [0.2, 0.25) is 0 Å². The molecule has 20 fully saturated rings. The molecule has 20 bridgehead atoms. The summed E-state index contributed by atoms with van der Waals surface area (Å²) in [4.78, 5) is 70.2. The maximum absolute atomic E-state index is 11.9. The number of rotatable bonds is 32. The van der Waals surface area contributed by atoms with Gasteiger partial charge in [0, 0.05) is 0 Å². The molecule has 9 unspecified atom stereocenters. The molecule has 0 spiro atoms. The largest absolute Gasteiger partial charge is 0.438 e. The normalized spacial score (nSPS) is 33.9. The summed E-state index contributed by atoms with van der Waals surface area (Å²) in [5.41, 5.74) is -0.367. The maximum atomic E-state index is 11.9. The molecular weight excluding hydrogens is 1570 g/mol. The number of ether oxygens (including phenoxy) is 12. The van der Waals surface area contributed by atoms with E-state index in [9.17, 15) is 28.8 Å². The second-order valence-corrected chi connectivity index (χ2v) is 42.4. The van der Waals surface area contributed by atoms with Crippen LogP contribution in [0.2, 0.25) is 0 Å². The van der Waals surface area contributed by atoms with Gasteiger partial charge in [-0.05, 0) is 390 Å².